The first-order valence-corrected chi connectivity index (χ1v) is 9.13. The maximum Gasteiger partial charge on any atom is 0.416 e. The number of aryl methyl sites for hydroxylation is 1. The lowest BCUT2D eigenvalue weighted by atomic mass is 10.1. The Labute approximate surface area is 158 Å². The molecule has 4 rings (SSSR count). The van der Waals surface area contributed by atoms with E-state index in [9.17, 15) is 13.2 Å². The van der Waals surface area contributed by atoms with Crippen molar-refractivity contribution in [1.29, 1.82) is 0 Å². The van der Waals surface area contributed by atoms with E-state index in [4.69, 9.17) is 4.98 Å². The lowest BCUT2D eigenvalue weighted by Gasteiger charge is -2.06. The number of nitrogens with one attached hydrogen (secondary N) is 1. The van der Waals surface area contributed by atoms with E-state index in [1.54, 1.807) is 0 Å². The van der Waals surface area contributed by atoms with Gasteiger partial charge in [0, 0.05) is 16.1 Å². The molecular formula is C21H15F3N2S. The number of halogens is 3. The van der Waals surface area contributed by atoms with Crippen LogP contribution in [0.3, 0.4) is 0 Å². The molecule has 0 bridgehead atoms. The van der Waals surface area contributed by atoms with E-state index in [1.807, 2.05) is 49.4 Å². The van der Waals surface area contributed by atoms with Gasteiger partial charge in [0.25, 0.3) is 0 Å². The number of alkyl halides is 3. The number of aromatic amines is 1. The summed E-state index contributed by atoms with van der Waals surface area (Å²) < 4.78 is 38.2. The number of H-pyrrole nitrogens is 1. The van der Waals surface area contributed by atoms with Gasteiger partial charge in [-0.25, -0.2) is 4.98 Å². The Morgan fingerprint density at radius 1 is 0.815 bits per heavy atom. The largest absolute Gasteiger partial charge is 0.416 e. The van der Waals surface area contributed by atoms with Crippen LogP contribution < -0.4 is 0 Å². The second-order valence-corrected chi connectivity index (χ2v) is 7.25. The Bertz CT molecular complexity index is 1060. The predicted molar refractivity (Wildman–Crippen MR) is 103 cm³/mol. The van der Waals surface area contributed by atoms with E-state index in [0.29, 0.717) is 0 Å². The fraction of sp³-hybridized carbons (Fsp3) is 0.0952. The fourth-order valence-electron chi connectivity index (χ4n) is 2.90. The van der Waals surface area contributed by atoms with Crippen LogP contribution in [0.4, 0.5) is 13.2 Å². The molecule has 4 aromatic rings. The SMILES string of the molecule is Cc1[nH]c(-c2ccc(-c3ccc(C(F)(F)F)cc3)s2)nc1-c1ccccc1. The lowest BCUT2D eigenvalue weighted by molar-refractivity contribution is -0.137. The van der Waals surface area contributed by atoms with Crippen molar-refractivity contribution in [3.63, 3.8) is 0 Å². The molecule has 0 aliphatic carbocycles. The van der Waals surface area contributed by atoms with Crippen LogP contribution in [0.15, 0.2) is 66.7 Å². The fourth-order valence-corrected chi connectivity index (χ4v) is 3.85. The zero-order valence-corrected chi connectivity index (χ0v) is 15.2. The van der Waals surface area contributed by atoms with E-state index in [1.165, 1.54) is 23.5 Å². The Balaban J connectivity index is 1.64. The number of benzene rings is 2. The van der Waals surface area contributed by atoms with Crippen molar-refractivity contribution < 1.29 is 13.2 Å². The third kappa shape index (κ3) is 3.53. The van der Waals surface area contributed by atoms with Crippen molar-refractivity contribution in [2.75, 3.05) is 0 Å². The van der Waals surface area contributed by atoms with Gasteiger partial charge in [-0.2, -0.15) is 13.2 Å². The van der Waals surface area contributed by atoms with Crippen LogP contribution in [0.1, 0.15) is 11.3 Å². The first-order chi connectivity index (χ1) is 12.9. The lowest BCUT2D eigenvalue weighted by Crippen LogP contribution is -2.03. The molecule has 0 aliphatic rings. The van der Waals surface area contributed by atoms with Crippen molar-refractivity contribution in [3.05, 3.63) is 78.0 Å². The number of nitrogens with zero attached hydrogens (tertiary/aromatic N) is 1. The summed E-state index contributed by atoms with van der Waals surface area (Å²) in [7, 11) is 0. The quantitative estimate of drug-likeness (QED) is 0.413. The summed E-state index contributed by atoms with van der Waals surface area (Å²) in [6.07, 6.45) is -4.32. The highest BCUT2D eigenvalue weighted by atomic mass is 32.1. The molecule has 2 aromatic carbocycles. The molecule has 0 atom stereocenters. The van der Waals surface area contributed by atoms with Gasteiger partial charge in [-0.05, 0) is 36.8 Å². The zero-order valence-electron chi connectivity index (χ0n) is 14.3. The molecule has 0 saturated carbocycles. The average Bonchev–Trinajstić information content (AvgIpc) is 3.29. The summed E-state index contributed by atoms with van der Waals surface area (Å²) >= 11 is 1.49. The van der Waals surface area contributed by atoms with E-state index < -0.39 is 11.7 Å². The third-order valence-corrected chi connectivity index (χ3v) is 5.41. The van der Waals surface area contributed by atoms with Crippen molar-refractivity contribution in [3.8, 4) is 32.4 Å². The highest BCUT2D eigenvalue weighted by Crippen LogP contribution is 2.36. The van der Waals surface area contributed by atoms with Gasteiger partial charge in [0.2, 0.25) is 0 Å². The molecule has 136 valence electrons. The maximum absolute atomic E-state index is 12.7. The summed E-state index contributed by atoms with van der Waals surface area (Å²) in [6.45, 7) is 1.98. The number of imidazole rings is 1. The van der Waals surface area contributed by atoms with Crippen LogP contribution >= 0.6 is 11.3 Å². The number of aromatic nitrogens is 2. The molecule has 0 amide bonds. The molecule has 2 aromatic heterocycles. The maximum atomic E-state index is 12.7. The smallest absolute Gasteiger partial charge is 0.341 e. The van der Waals surface area contributed by atoms with Crippen LogP contribution in [0, 0.1) is 6.92 Å². The normalized spacial score (nSPS) is 11.7. The minimum Gasteiger partial charge on any atom is -0.341 e. The molecule has 0 radical (unpaired) electrons. The zero-order chi connectivity index (χ0) is 19.0. The van der Waals surface area contributed by atoms with Gasteiger partial charge in [-0.1, -0.05) is 42.5 Å². The second kappa shape index (κ2) is 6.70. The van der Waals surface area contributed by atoms with Gasteiger partial charge in [-0.15, -0.1) is 11.3 Å². The molecule has 2 heterocycles. The highest BCUT2D eigenvalue weighted by molar-refractivity contribution is 7.18. The van der Waals surface area contributed by atoms with Gasteiger partial charge < -0.3 is 4.98 Å². The molecule has 0 fully saturated rings. The summed E-state index contributed by atoms with van der Waals surface area (Å²) in [5.74, 6) is 0.759. The summed E-state index contributed by atoms with van der Waals surface area (Å²) in [5.41, 5.74) is 3.02. The highest BCUT2D eigenvalue weighted by Gasteiger charge is 2.30. The summed E-state index contributed by atoms with van der Waals surface area (Å²) in [6, 6.07) is 19.0. The van der Waals surface area contributed by atoms with Gasteiger partial charge >= 0.3 is 6.18 Å². The molecule has 0 aliphatic heterocycles. The van der Waals surface area contributed by atoms with E-state index in [0.717, 1.165) is 50.2 Å². The number of thiophene rings is 1. The van der Waals surface area contributed by atoms with Crippen LogP contribution in [-0.2, 0) is 6.18 Å². The van der Waals surface area contributed by atoms with Crippen LogP contribution in [0.5, 0.6) is 0 Å². The summed E-state index contributed by atoms with van der Waals surface area (Å²) in [4.78, 5) is 9.85. The molecule has 6 heteroatoms. The minimum atomic E-state index is -4.32. The van der Waals surface area contributed by atoms with E-state index >= 15 is 0 Å². The number of rotatable bonds is 3. The van der Waals surface area contributed by atoms with Crippen molar-refractivity contribution in [2.45, 2.75) is 13.1 Å². The topological polar surface area (TPSA) is 28.7 Å². The van der Waals surface area contributed by atoms with E-state index in [2.05, 4.69) is 4.98 Å². The van der Waals surface area contributed by atoms with Crippen molar-refractivity contribution in [2.24, 2.45) is 0 Å². The molecule has 0 spiro atoms. The average molecular weight is 384 g/mol. The van der Waals surface area contributed by atoms with Gasteiger partial charge in [0.1, 0.15) is 5.82 Å². The van der Waals surface area contributed by atoms with Crippen LogP contribution in [0.2, 0.25) is 0 Å². The molecule has 27 heavy (non-hydrogen) atoms. The van der Waals surface area contributed by atoms with Gasteiger partial charge in [-0.3, -0.25) is 0 Å². The van der Waals surface area contributed by atoms with Crippen molar-refractivity contribution in [1.82, 2.24) is 9.97 Å². The predicted octanol–water partition coefficient (Wildman–Crippen LogP) is 6.80. The Kier molecular flexibility index (Phi) is 4.36. The Morgan fingerprint density at radius 2 is 1.48 bits per heavy atom. The molecule has 0 unspecified atom stereocenters. The Morgan fingerprint density at radius 3 is 2.15 bits per heavy atom. The first kappa shape index (κ1) is 17.5. The van der Waals surface area contributed by atoms with E-state index in [-0.39, 0.29) is 0 Å². The molecule has 2 nitrogen and oxygen atoms in total. The second-order valence-electron chi connectivity index (χ2n) is 6.16. The Hall–Kier alpha value is -2.86. The third-order valence-electron chi connectivity index (χ3n) is 4.27. The summed E-state index contributed by atoms with van der Waals surface area (Å²) in [5, 5.41) is 0. The molecular weight excluding hydrogens is 369 g/mol. The minimum absolute atomic E-state index is 0.641. The number of hydrogen-bond acceptors (Lipinski definition) is 2. The first-order valence-electron chi connectivity index (χ1n) is 8.32. The van der Waals surface area contributed by atoms with Gasteiger partial charge in [0.15, 0.2) is 0 Å². The molecule has 0 saturated heterocycles. The van der Waals surface area contributed by atoms with Crippen LogP contribution in [-0.4, -0.2) is 9.97 Å². The standard InChI is InChI=1S/C21H15F3N2S/c1-13-19(15-5-3-2-4-6-15)26-20(25-13)18-12-11-17(27-18)14-7-9-16(10-8-14)21(22,23)24/h2-12H,1H3,(H,25,26). The van der Waals surface area contributed by atoms with Crippen molar-refractivity contribution >= 4 is 11.3 Å². The van der Waals surface area contributed by atoms with Gasteiger partial charge in [0.05, 0.1) is 16.1 Å². The number of hydrogen-bond donors (Lipinski definition) is 1. The monoisotopic (exact) mass is 384 g/mol. The molecule has 1 N–H and O–H groups in total. The van der Waals surface area contributed by atoms with Crippen LogP contribution in [0.25, 0.3) is 32.4 Å².